The van der Waals surface area contributed by atoms with Crippen molar-refractivity contribution >= 4 is 16.0 Å². The molecule has 9 nitrogen and oxygen atoms in total. The van der Waals surface area contributed by atoms with Gasteiger partial charge in [-0.05, 0) is 20.3 Å². The fourth-order valence-corrected chi connectivity index (χ4v) is 3.76. The molecule has 2 aliphatic heterocycles. The fourth-order valence-electron chi connectivity index (χ4n) is 2.69. The number of hydrazone groups is 1. The van der Waals surface area contributed by atoms with E-state index >= 15 is 0 Å². The summed E-state index contributed by atoms with van der Waals surface area (Å²) in [6, 6.07) is 0. The Morgan fingerprint density at radius 1 is 1.48 bits per heavy atom. The van der Waals surface area contributed by atoms with E-state index in [0.29, 0.717) is 19.7 Å². The first-order valence-electron chi connectivity index (χ1n) is 6.93. The predicted octanol–water partition coefficient (Wildman–Crippen LogP) is -0.0736. The average molecular weight is 320 g/mol. The summed E-state index contributed by atoms with van der Waals surface area (Å²) in [7, 11) is -3.54. The van der Waals surface area contributed by atoms with Crippen molar-refractivity contribution in [2.45, 2.75) is 26.4 Å². The van der Waals surface area contributed by atoms with Crippen LogP contribution < -0.4 is 0 Å². The van der Waals surface area contributed by atoms with Crippen LogP contribution in [0.5, 0.6) is 0 Å². The highest BCUT2D eigenvalue weighted by molar-refractivity contribution is 7.89. The number of sulfonamides is 1. The van der Waals surface area contributed by atoms with Crippen molar-refractivity contribution in [3.8, 4) is 0 Å². The maximum Gasteiger partial charge on any atom is 0.287 e. The van der Waals surface area contributed by atoms with Crippen molar-refractivity contribution in [2.24, 2.45) is 11.0 Å². The summed E-state index contributed by atoms with van der Waals surface area (Å²) >= 11 is 0. The Balaban J connectivity index is 2.16. The lowest BCUT2D eigenvalue weighted by Crippen LogP contribution is -2.40. The van der Waals surface area contributed by atoms with Gasteiger partial charge in [-0.1, -0.05) is 0 Å². The van der Waals surface area contributed by atoms with E-state index in [1.165, 1.54) is 6.92 Å². The van der Waals surface area contributed by atoms with Gasteiger partial charge in [-0.2, -0.15) is 0 Å². The zero-order valence-corrected chi connectivity index (χ0v) is 13.0. The predicted molar refractivity (Wildman–Crippen MR) is 75.7 cm³/mol. The molecule has 2 rings (SSSR count). The van der Waals surface area contributed by atoms with Gasteiger partial charge >= 0.3 is 0 Å². The molecule has 0 aromatic rings. The Labute approximate surface area is 123 Å². The van der Waals surface area contributed by atoms with Crippen LogP contribution in [0, 0.1) is 16.0 Å². The maximum absolute atomic E-state index is 12.0. The maximum atomic E-state index is 12.0. The molecule has 2 aliphatic rings. The summed E-state index contributed by atoms with van der Waals surface area (Å²) in [6.07, 6.45) is 1.03. The summed E-state index contributed by atoms with van der Waals surface area (Å²) in [6.45, 7) is 5.21. The minimum atomic E-state index is -3.54. The summed E-state index contributed by atoms with van der Waals surface area (Å²) < 4.78 is 30.5. The van der Waals surface area contributed by atoms with Gasteiger partial charge < -0.3 is 9.64 Å². The monoisotopic (exact) mass is 320 g/mol. The number of rotatable bonds is 5. The van der Waals surface area contributed by atoms with E-state index in [1.54, 1.807) is 4.90 Å². The van der Waals surface area contributed by atoms with E-state index in [0.717, 1.165) is 10.7 Å². The minimum absolute atomic E-state index is 0.0820. The minimum Gasteiger partial charge on any atom is -0.378 e. The Bertz CT molecular complexity index is 535. The van der Waals surface area contributed by atoms with Crippen LogP contribution in [0.2, 0.25) is 0 Å². The lowest BCUT2D eigenvalue weighted by atomic mass is 10.1. The van der Waals surface area contributed by atoms with Crippen molar-refractivity contribution in [2.75, 3.05) is 32.0 Å². The van der Waals surface area contributed by atoms with Gasteiger partial charge in [0, 0.05) is 19.0 Å². The number of hydrogen-bond acceptors (Lipinski definition) is 5. The number of nitrogens with zero attached hydrogens (tertiary/aromatic N) is 4. The molecule has 0 radical (unpaired) electrons. The van der Waals surface area contributed by atoms with Crippen molar-refractivity contribution in [3.05, 3.63) is 10.1 Å². The smallest absolute Gasteiger partial charge is 0.287 e. The fraction of sp³-hybridized carbons (Fsp3) is 0.909. The molecule has 10 heteroatoms. The lowest BCUT2D eigenvalue weighted by molar-refractivity contribution is -0.486. The molecule has 0 saturated carbocycles. The second-order valence-electron chi connectivity index (χ2n) is 5.30. The van der Waals surface area contributed by atoms with Crippen molar-refractivity contribution < 1.29 is 18.2 Å². The first kappa shape index (κ1) is 16.0. The Hall–Kier alpha value is -1.42. The second kappa shape index (κ2) is 6.14. The highest BCUT2D eigenvalue weighted by atomic mass is 32.2. The van der Waals surface area contributed by atoms with E-state index in [-0.39, 0.29) is 30.3 Å². The van der Waals surface area contributed by atoms with E-state index in [9.17, 15) is 18.5 Å². The van der Waals surface area contributed by atoms with Crippen LogP contribution in [-0.4, -0.2) is 66.7 Å². The van der Waals surface area contributed by atoms with Crippen LogP contribution in [0.1, 0.15) is 20.3 Å². The first-order valence-corrected chi connectivity index (χ1v) is 8.54. The van der Waals surface area contributed by atoms with Gasteiger partial charge in [-0.25, -0.2) is 22.8 Å². The molecular weight excluding hydrogens is 300 g/mol. The molecule has 2 saturated heterocycles. The highest BCUT2D eigenvalue weighted by Crippen LogP contribution is 2.23. The molecule has 0 aromatic carbocycles. The second-order valence-corrected chi connectivity index (χ2v) is 7.48. The zero-order valence-electron chi connectivity index (χ0n) is 12.1. The quantitative estimate of drug-likeness (QED) is 0.518. The summed E-state index contributed by atoms with van der Waals surface area (Å²) in [5.74, 6) is 0.0452. The number of guanidine groups is 1. The molecule has 0 N–H and O–H groups in total. The third kappa shape index (κ3) is 3.62. The summed E-state index contributed by atoms with van der Waals surface area (Å²) in [5.41, 5.74) is 0. The Morgan fingerprint density at radius 3 is 2.71 bits per heavy atom. The van der Waals surface area contributed by atoms with Gasteiger partial charge in [0.15, 0.2) is 5.03 Å². The molecule has 2 unspecified atom stereocenters. The average Bonchev–Trinajstić information content (AvgIpc) is 2.97. The van der Waals surface area contributed by atoms with Gasteiger partial charge in [0.1, 0.15) is 5.10 Å². The van der Waals surface area contributed by atoms with E-state index in [2.05, 4.69) is 5.10 Å². The van der Waals surface area contributed by atoms with Gasteiger partial charge in [0.2, 0.25) is 10.0 Å². The van der Waals surface area contributed by atoms with Gasteiger partial charge in [0.05, 0.1) is 25.0 Å². The highest BCUT2D eigenvalue weighted by Gasteiger charge is 2.38. The van der Waals surface area contributed by atoms with Gasteiger partial charge in [-0.3, -0.25) is 0 Å². The first-order chi connectivity index (χ1) is 9.83. The third-order valence-electron chi connectivity index (χ3n) is 3.71. The zero-order chi connectivity index (χ0) is 15.6. The molecule has 2 heterocycles. The van der Waals surface area contributed by atoms with Gasteiger partial charge in [0.25, 0.3) is 5.96 Å². The molecule has 21 heavy (non-hydrogen) atoms. The van der Waals surface area contributed by atoms with Crippen LogP contribution in [-0.2, 0) is 14.8 Å². The molecule has 0 amide bonds. The standard InChI is InChI=1S/C11H20N4O5S/c1-3-21(18,19)14-5-4-13(11(14)12-15(16)17)7-10-6-9(2)20-8-10/h9-10H,3-8H2,1-2H3. The van der Waals surface area contributed by atoms with Crippen LogP contribution in [0.25, 0.3) is 0 Å². The van der Waals surface area contributed by atoms with E-state index < -0.39 is 15.1 Å². The molecular formula is C11H20N4O5S. The van der Waals surface area contributed by atoms with Crippen LogP contribution in [0.3, 0.4) is 0 Å². The third-order valence-corrected chi connectivity index (χ3v) is 5.46. The van der Waals surface area contributed by atoms with E-state index in [1.807, 2.05) is 6.92 Å². The van der Waals surface area contributed by atoms with Crippen molar-refractivity contribution in [1.29, 1.82) is 0 Å². The van der Waals surface area contributed by atoms with Gasteiger partial charge in [-0.15, -0.1) is 0 Å². The number of hydrogen-bond donors (Lipinski definition) is 0. The van der Waals surface area contributed by atoms with Crippen LogP contribution in [0.4, 0.5) is 0 Å². The number of ether oxygens (including phenoxy) is 1. The lowest BCUT2D eigenvalue weighted by Gasteiger charge is -2.22. The molecule has 0 bridgehead atoms. The largest absolute Gasteiger partial charge is 0.378 e. The van der Waals surface area contributed by atoms with Crippen LogP contribution >= 0.6 is 0 Å². The van der Waals surface area contributed by atoms with Crippen molar-refractivity contribution in [1.82, 2.24) is 9.21 Å². The topological polar surface area (TPSA) is 105 Å². The normalized spacial score (nSPS) is 28.6. The molecule has 0 aromatic heterocycles. The Morgan fingerprint density at radius 2 is 2.19 bits per heavy atom. The van der Waals surface area contributed by atoms with E-state index in [4.69, 9.17) is 4.74 Å². The molecule has 120 valence electrons. The SMILES string of the molecule is CCS(=O)(=O)N1CCN(CC2COC(C)C2)C1=N[N+](=O)[O-]. The summed E-state index contributed by atoms with van der Waals surface area (Å²) in [4.78, 5) is 12.4. The number of nitro groups is 1. The molecule has 0 aliphatic carbocycles. The molecule has 2 atom stereocenters. The summed E-state index contributed by atoms with van der Waals surface area (Å²) in [5, 5.41) is 13.1. The van der Waals surface area contributed by atoms with Crippen LogP contribution in [0.15, 0.2) is 5.10 Å². The molecule has 2 fully saturated rings. The van der Waals surface area contributed by atoms with Crippen molar-refractivity contribution in [3.63, 3.8) is 0 Å². The Kier molecular flexibility index (Phi) is 4.67. The molecule has 0 spiro atoms.